The third-order valence-corrected chi connectivity index (χ3v) is 6.14. The molecule has 1 N–H and O–H groups in total. The predicted octanol–water partition coefficient (Wildman–Crippen LogP) is 4.02. The molecule has 5 aromatic rings. The molecule has 0 saturated carbocycles. The number of para-hydroxylation sites is 1. The number of anilines is 1. The van der Waals surface area contributed by atoms with Gasteiger partial charge < -0.3 is 13.9 Å². The zero-order valence-electron chi connectivity index (χ0n) is 18.5. The number of rotatable bonds is 6. The van der Waals surface area contributed by atoms with Crippen LogP contribution in [0.4, 0.5) is 5.69 Å². The predicted molar refractivity (Wildman–Crippen MR) is 130 cm³/mol. The van der Waals surface area contributed by atoms with Crippen LogP contribution in [0.1, 0.15) is 5.56 Å². The van der Waals surface area contributed by atoms with Gasteiger partial charge in [-0.1, -0.05) is 36.4 Å². The van der Waals surface area contributed by atoms with E-state index in [9.17, 15) is 8.42 Å². The van der Waals surface area contributed by atoms with E-state index in [0.717, 1.165) is 39.6 Å². The fourth-order valence-corrected chi connectivity index (χ4v) is 4.77. The number of aromatic nitrogens is 4. The van der Waals surface area contributed by atoms with E-state index in [1.165, 1.54) is 0 Å². The molecule has 0 aliphatic heterocycles. The minimum Gasteiger partial charge on any atom is -0.479 e. The molecule has 0 radical (unpaired) electrons. The average Bonchev–Trinajstić information content (AvgIpc) is 3.32. The van der Waals surface area contributed by atoms with Gasteiger partial charge in [-0.2, -0.15) is 0 Å². The van der Waals surface area contributed by atoms with Gasteiger partial charge in [0.15, 0.2) is 0 Å². The van der Waals surface area contributed by atoms with E-state index in [1.807, 2.05) is 54.2 Å². The summed E-state index contributed by atoms with van der Waals surface area (Å²) in [5.74, 6) is 1.27. The monoisotopic (exact) mass is 461 g/mol. The fraction of sp³-hybridized carbons (Fsp3) is 0.167. The Balaban J connectivity index is 1.81. The van der Waals surface area contributed by atoms with E-state index in [-0.39, 0.29) is 0 Å². The van der Waals surface area contributed by atoms with E-state index < -0.39 is 10.0 Å². The van der Waals surface area contributed by atoms with E-state index >= 15 is 0 Å². The van der Waals surface area contributed by atoms with Crippen LogP contribution in [-0.4, -0.2) is 40.9 Å². The molecule has 8 nitrogen and oxygen atoms in total. The van der Waals surface area contributed by atoms with Gasteiger partial charge in [0.1, 0.15) is 16.9 Å². The van der Waals surface area contributed by atoms with Crippen LogP contribution < -0.4 is 9.46 Å². The standard InChI is InChI=1S/C24H23N5O3S/c1-28-15-18(17-12-13-25-24(32-2)22(17)28)23-26-21-19(27-33(3,30)31)10-7-11-20(21)29(23)14-16-8-5-4-6-9-16/h4-13,15,27H,14H2,1-3H3. The van der Waals surface area contributed by atoms with Crippen LogP contribution >= 0.6 is 0 Å². The molecule has 0 saturated heterocycles. The van der Waals surface area contributed by atoms with Gasteiger partial charge in [-0.05, 0) is 23.8 Å². The lowest BCUT2D eigenvalue weighted by Crippen LogP contribution is -2.09. The largest absolute Gasteiger partial charge is 0.479 e. The molecule has 33 heavy (non-hydrogen) atoms. The van der Waals surface area contributed by atoms with Crippen molar-refractivity contribution < 1.29 is 13.2 Å². The Morgan fingerprint density at radius 3 is 2.58 bits per heavy atom. The summed E-state index contributed by atoms with van der Waals surface area (Å²) >= 11 is 0. The van der Waals surface area contributed by atoms with Crippen molar-refractivity contribution >= 4 is 37.6 Å². The maximum atomic E-state index is 12.0. The average molecular weight is 462 g/mol. The second-order valence-electron chi connectivity index (χ2n) is 7.92. The van der Waals surface area contributed by atoms with Crippen LogP contribution in [-0.2, 0) is 23.6 Å². The third-order valence-electron chi connectivity index (χ3n) is 5.55. The first kappa shape index (κ1) is 21.0. The van der Waals surface area contributed by atoms with E-state index in [2.05, 4.69) is 26.4 Å². The van der Waals surface area contributed by atoms with Crippen molar-refractivity contribution in [1.29, 1.82) is 0 Å². The highest BCUT2D eigenvalue weighted by Gasteiger charge is 2.21. The summed E-state index contributed by atoms with van der Waals surface area (Å²) in [6.07, 6.45) is 4.85. The maximum Gasteiger partial charge on any atom is 0.238 e. The number of ether oxygens (including phenoxy) is 1. The smallest absolute Gasteiger partial charge is 0.238 e. The van der Waals surface area contributed by atoms with Crippen LogP contribution in [0, 0.1) is 0 Å². The second-order valence-corrected chi connectivity index (χ2v) is 9.67. The molecule has 3 heterocycles. The Bertz CT molecular complexity index is 1590. The van der Waals surface area contributed by atoms with Crippen molar-refractivity contribution in [3.8, 4) is 17.3 Å². The molecule has 0 fully saturated rings. The van der Waals surface area contributed by atoms with Crippen LogP contribution in [0.2, 0.25) is 0 Å². The molecule has 0 atom stereocenters. The van der Waals surface area contributed by atoms with Crippen molar-refractivity contribution in [2.75, 3.05) is 18.1 Å². The molecular weight excluding hydrogens is 438 g/mol. The van der Waals surface area contributed by atoms with E-state index in [4.69, 9.17) is 9.72 Å². The molecular formula is C24H23N5O3S. The minimum absolute atomic E-state index is 0.447. The van der Waals surface area contributed by atoms with Gasteiger partial charge in [-0.25, -0.2) is 18.4 Å². The molecule has 0 aliphatic rings. The Morgan fingerprint density at radius 1 is 1.06 bits per heavy atom. The lowest BCUT2D eigenvalue weighted by molar-refractivity contribution is 0.401. The van der Waals surface area contributed by atoms with Crippen LogP contribution in [0.3, 0.4) is 0 Å². The number of methoxy groups -OCH3 is 1. The van der Waals surface area contributed by atoms with Gasteiger partial charge in [0.05, 0.1) is 24.6 Å². The summed E-state index contributed by atoms with van der Waals surface area (Å²) < 4.78 is 36.1. The molecule has 168 valence electrons. The first-order valence-corrected chi connectivity index (χ1v) is 12.2. The third kappa shape index (κ3) is 3.80. The Kier molecular flexibility index (Phi) is 5.05. The first-order chi connectivity index (χ1) is 15.9. The highest BCUT2D eigenvalue weighted by atomic mass is 32.2. The Hall–Kier alpha value is -3.85. The maximum absolute atomic E-state index is 12.0. The van der Waals surface area contributed by atoms with Gasteiger partial charge >= 0.3 is 0 Å². The van der Waals surface area contributed by atoms with Crippen LogP contribution in [0.5, 0.6) is 5.88 Å². The Morgan fingerprint density at radius 2 is 1.85 bits per heavy atom. The highest BCUT2D eigenvalue weighted by Crippen LogP contribution is 2.36. The number of sulfonamides is 1. The Labute approximate surface area is 191 Å². The molecule has 0 bridgehead atoms. The van der Waals surface area contributed by atoms with Crippen LogP contribution in [0.25, 0.3) is 33.3 Å². The molecule has 9 heteroatoms. The van der Waals surface area contributed by atoms with Crippen molar-refractivity contribution in [1.82, 2.24) is 19.1 Å². The van der Waals surface area contributed by atoms with Gasteiger partial charge in [-0.3, -0.25) is 4.72 Å². The number of hydrogen-bond acceptors (Lipinski definition) is 5. The summed E-state index contributed by atoms with van der Waals surface area (Å²) in [6, 6.07) is 17.5. The molecule has 3 aromatic heterocycles. The summed E-state index contributed by atoms with van der Waals surface area (Å²) in [5.41, 5.74) is 4.75. The van der Waals surface area contributed by atoms with Crippen molar-refractivity contribution in [2.24, 2.45) is 7.05 Å². The lowest BCUT2D eigenvalue weighted by Gasteiger charge is -2.10. The van der Waals surface area contributed by atoms with Crippen molar-refractivity contribution in [3.05, 3.63) is 72.6 Å². The van der Waals surface area contributed by atoms with Gasteiger partial charge in [-0.15, -0.1) is 0 Å². The normalized spacial score (nSPS) is 11.8. The summed E-state index contributed by atoms with van der Waals surface area (Å²) in [7, 11) is 0.0773. The molecule has 0 spiro atoms. The molecule has 0 unspecified atom stereocenters. The minimum atomic E-state index is -3.46. The quantitative estimate of drug-likeness (QED) is 0.412. The molecule has 2 aromatic carbocycles. The summed E-state index contributed by atoms with van der Waals surface area (Å²) in [5, 5.41) is 0.951. The van der Waals surface area contributed by atoms with Crippen molar-refractivity contribution in [2.45, 2.75) is 6.54 Å². The van der Waals surface area contributed by atoms with Gasteiger partial charge in [0.2, 0.25) is 15.9 Å². The number of pyridine rings is 1. The number of hydrogen-bond donors (Lipinski definition) is 1. The second kappa shape index (κ2) is 7.93. The zero-order valence-corrected chi connectivity index (χ0v) is 19.3. The number of imidazole rings is 1. The summed E-state index contributed by atoms with van der Waals surface area (Å²) in [6.45, 7) is 0.577. The topological polar surface area (TPSA) is 91.0 Å². The van der Waals surface area contributed by atoms with E-state index in [0.29, 0.717) is 23.6 Å². The lowest BCUT2D eigenvalue weighted by atomic mass is 10.2. The number of benzene rings is 2. The number of aryl methyl sites for hydroxylation is 1. The van der Waals surface area contributed by atoms with Crippen molar-refractivity contribution in [3.63, 3.8) is 0 Å². The number of nitrogens with one attached hydrogen (secondary N) is 1. The SMILES string of the molecule is COc1nccc2c(-c3nc4c(NS(C)(=O)=O)cccc4n3Cc3ccccc3)cn(C)c12. The fourth-order valence-electron chi connectivity index (χ4n) is 4.21. The zero-order chi connectivity index (χ0) is 23.2. The highest BCUT2D eigenvalue weighted by molar-refractivity contribution is 7.92. The number of fused-ring (bicyclic) bond motifs is 2. The number of nitrogens with zero attached hydrogens (tertiary/aromatic N) is 4. The van der Waals surface area contributed by atoms with Gasteiger partial charge in [0.25, 0.3) is 0 Å². The molecule has 0 amide bonds. The summed E-state index contributed by atoms with van der Waals surface area (Å²) in [4.78, 5) is 9.28. The molecule has 0 aliphatic carbocycles. The van der Waals surface area contributed by atoms with Crippen LogP contribution in [0.15, 0.2) is 67.0 Å². The first-order valence-electron chi connectivity index (χ1n) is 10.3. The van der Waals surface area contributed by atoms with E-state index in [1.54, 1.807) is 19.4 Å². The van der Waals surface area contributed by atoms with Gasteiger partial charge in [0, 0.05) is 36.9 Å². The molecule has 5 rings (SSSR count).